The highest BCUT2D eigenvalue weighted by Gasteiger charge is 2.50. The van der Waals surface area contributed by atoms with Crippen LogP contribution in [0.25, 0.3) is 27.5 Å². The molecule has 0 amide bonds. The Labute approximate surface area is 291 Å². The van der Waals surface area contributed by atoms with Crippen molar-refractivity contribution >= 4 is 28.3 Å². The highest BCUT2D eigenvalue weighted by Crippen LogP contribution is 2.62. The Morgan fingerprint density at radius 2 is 1.34 bits per heavy atom. The van der Waals surface area contributed by atoms with Crippen LogP contribution < -0.4 is 14.2 Å². The second-order valence-electron chi connectivity index (χ2n) is 13.4. The van der Waals surface area contributed by atoms with Crippen molar-refractivity contribution in [2.45, 2.75) is 57.5 Å². The fourth-order valence-electron chi connectivity index (χ4n) is 8.25. The van der Waals surface area contributed by atoms with Gasteiger partial charge in [-0.1, -0.05) is 79.1 Å². The number of carboxylic acid groups (broad SMARTS) is 2. The third kappa shape index (κ3) is 5.02. The lowest BCUT2D eigenvalue weighted by Crippen LogP contribution is -2.37. The minimum absolute atomic E-state index is 0.0673. The minimum atomic E-state index is -1.35. The molecule has 254 valence electrons. The van der Waals surface area contributed by atoms with Crippen molar-refractivity contribution in [3.63, 3.8) is 0 Å². The number of carboxylic acids is 2. The molecule has 7 heteroatoms. The average Bonchev–Trinajstić information content (AvgIpc) is 3.39. The Hall–Kier alpha value is -5.56. The number of benzene rings is 5. The van der Waals surface area contributed by atoms with E-state index < -0.39 is 23.0 Å². The van der Waals surface area contributed by atoms with Crippen molar-refractivity contribution < 1.29 is 34.0 Å². The van der Waals surface area contributed by atoms with Gasteiger partial charge in [0.15, 0.2) is 5.60 Å². The van der Waals surface area contributed by atoms with Crippen LogP contribution in [0.15, 0.2) is 91.0 Å². The van der Waals surface area contributed by atoms with Crippen LogP contribution in [-0.4, -0.2) is 36.4 Å². The number of hydrogen-bond acceptors (Lipinski definition) is 5. The van der Waals surface area contributed by atoms with E-state index in [1.807, 2.05) is 62.4 Å². The van der Waals surface area contributed by atoms with E-state index in [4.69, 9.17) is 14.2 Å². The van der Waals surface area contributed by atoms with Crippen molar-refractivity contribution in [3.8, 4) is 28.4 Å². The molecule has 1 aliphatic carbocycles. The smallest absolute Gasteiger partial charge is 0.336 e. The van der Waals surface area contributed by atoms with Crippen molar-refractivity contribution in [1.29, 1.82) is 0 Å². The molecule has 5 aromatic rings. The molecule has 5 aromatic carbocycles. The predicted molar refractivity (Wildman–Crippen MR) is 194 cm³/mol. The second kappa shape index (κ2) is 12.4. The van der Waals surface area contributed by atoms with Gasteiger partial charge in [-0.2, -0.15) is 0 Å². The van der Waals surface area contributed by atoms with Crippen molar-refractivity contribution in [3.05, 3.63) is 130 Å². The molecule has 1 aliphatic heterocycles. The largest absolute Gasteiger partial charge is 0.497 e. The summed E-state index contributed by atoms with van der Waals surface area (Å²) in [5.74, 6) is -0.198. The number of aliphatic carboxylic acids is 2. The molecule has 2 N–H and O–H groups in total. The van der Waals surface area contributed by atoms with Crippen molar-refractivity contribution in [2.75, 3.05) is 14.2 Å². The van der Waals surface area contributed by atoms with Gasteiger partial charge in [0.05, 0.1) is 19.8 Å². The summed E-state index contributed by atoms with van der Waals surface area (Å²) < 4.78 is 18.4. The molecule has 7 nitrogen and oxygen atoms in total. The normalized spacial score (nSPS) is 16.9. The van der Waals surface area contributed by atoms with Gasteiger partial charge in [0, 0.05) is 33.9 Å². The Balaban J connectivity index is 1.65. The van der Waals surface area contributed by atoms with Crippen LogP contribution in [0.1, 0.15) is 71.6 Å². The Bertz CT molecular complexity index is 2150. The first-order valence-corrected chi connectivity index (χ1v) is 17.0. The number of fused-ring (bicyclic) bond motifs is 8. The summed E-state index contributed by atoms with van der Waals surface area (Å²) in [6, 6.07) is 27.5. The highest BCUT2D eigenvalue weighted by molar-refractivity contribution is 6.22. The van der Waals surface area contributed by atoms with Gasteiger partial charge >= 0.3 is 11.9 Å². The molecule has 1 heterocycles. The summed E-state index contributed by atoms with van der Waals surface area (Å²) in [5, 5.41) is 23.0. The molecule has 7 rings (SSSR count). The van der Waals surface area contributed by atoms with Gasteiger partial charge in [-0.05, 0) is 90.7 Å². The van der Waals surface area contributed by atoms with Gasteiger partial charge in [-0.25, -0.2) is 4.79 Å². The molecule has 2 aliphatic rings. The fourth-order valence-corrected chi connectivity index (χ4v) is 8.25. The Morgan fingerprint density at radius 1 is 0.740 bits per heavy atom. The lowest BCUT2D eigenvalue weighted by Gasteiger charge is -2.41. The maximum absolute atomic E-state index is 13.8. The molecule has 0 aromatic heterocycles. The molecule has 0 saturated carbocycles. The Morgan fingerprint density at radius 3 is 1.90 bits per heavy atom. The van der Waals surface area contributed by atoms with E-state index in [-0.39, 0.29) is 12.0 Å². The first-order valence-electron chi connectivity index (χ1n) is 17.0. The van der Waals surface area contributed by atoms with E-state index in [0.717, 1.165) is 61.7 Å². The lowest BCUT2D eigenvalue weighted by atomic mass is 9.67. The second-order valence-corrected chi connectivity index (χ2v) is 13.4. The SMILES string of the molecule is CCCC1(CCC(=O)O)c2cc(C)ccc2-c2c1c1c(c3cc(C)ccc23)OC(c2ccc(OC)cc2)(c2ccc(OC)cc2)C=C1C(=O)O. The first kappa shape index (κ1) is 33.0. The van der Waals surface area contributed by atoms with Crippen LogP contribution in [0.5, 0.6) is 17.2 Å². The summed E-state index contributed by atoms with van der Waals surface area (Å²) in [6.45, 7) is 6.15. The molecule has 50 heavy (non-hydrogen) atoms. The quantitative estimate of drug-likeness (QED) is 0.153. The van der Waals surface area contributed by atoms with Gasteiger partial charge in [0.2, 0.25) is 0 Å². The molecule has 1 unspecified atom stereocenters. The maximum Gasteiger partial charge on any atom is 0.336 e. The Kier molecular flexibility index (Phi) is 8.17. The van der Waals surface area contributed by atoms with Crippen LogP contribution in [-0.2, 0) is 20.6 Å². The summed E-state index contributed by atoms with van der Waals surface area (Å²) in [5.41, 5.74) is 5.85. The maximum atomic E-state index is 13.8. The molecule has 1 atom stereocenters. The van der Waals surface area contributed by atoms with Gasteiger partial charge in [0.1, 0.15) is 17.2 Å². The molecular weight excluding hydrogens is 628 g/mol. The molecule has 0 radical (unpaired) electrons. The number of rotatable bonds is 10. The predicted octanol–water partition coefficient (Wildman–Crippen LogP) is 9.21. The van der Waals surface area contributed by atoms with Crippen LogP contribution >= 0.6 is 0 Å². The number of methoxy groups -OCH3 is 2. The summed E-state index contributed by atoms with van der Waals surface area (Å²) in [4.78, 5) is 26.0. The van der Waals surface area contributed by atoms with Gasteiger partial charge in [0.25, 0.3) is 0 Å². The molecule has 0 spiro atoms. The first-order chi connectivity index (χ1) is 24.1. The number of aryl methyl sites for hydroxylation is 2. The fraction of sp³-hybridized carbons (Fsp3) is 0.256. The zero-order valence-electron chi connectivity index (χ0n) is 28.9. The third-order valence-electron chi connectivity index (χ3n) is 10.4. The molecule has 0 bridgehead atoms. The molecule has 0 saturated heterocycles. The number of ether oxygens (including phenoxy) is 3. The molecular formula is C43H40O7. The van der Waals surface area contributed by atoms with E-state index in [9.17, 15) is 19.8 Å². The topological polar surface area (TPSA) is 102 Å². The van der Waals surface area contributed by atoms with Crippen molar-refractivity contribution in [1.82, 2.24) is 0 Å². The third-order valence-corrected chi connectivity index (χ3v) is 10.4. The van der Waals surface area contributed by atoms with Crippen LogP contribution in [0.4, 0.5) is 0 Å². The summed E-state index contributed by atoms with van der Waals surface area (Å²) >= 11 is 0. The monoisotopic (exact) mass is 668 g/mol. The highest BCUT2D eigenvalue weighted by atomic mass is 16.5. The van der Waals surface area contributed by atoms with E-state index >= 15 is 0 Å². The summed E-state index contributed by atoms with van der Waals surface area (Å²) in [7, 11) is 3.21. The van der Waals surface area contributed by atoms with Crippen LogP contribution in [0.3, 0.4) is 0 Å². The zero-order chi connectivity index (χ0) is 35.4. The summed E-state index contributed by atoms with van der Waals surface area (Å²) in [6.07, 6.45) is 3.39. The van der Waals surface area contributed by atoms with E-state index in [2.05, 4.69) is 43.3 Å². The zero-order valence-corrected chi connectivity index (χ0v) is 28.9. The van der Waals surface area contributed by atoms with Crippen molar-refractivity contribution in [2.24, 2.45) is 0 Å². The van der Waals surface area contributed by atoms with Gasteiger partial charge < -0.3 is 24.4 Å². The minimum Gasteiger partial charge on any atom is -0.497 e. The van der Waals surface area contributed by atoms with E-state index in [1.165, 1.54) is 0 Å². The van der Waals surface area contributed by atoms with E-state index in [0.29, 0.717) is 35.7 Å². The van der Waals surface area contributed by atoms with Crippen LogP contribution in [0, 0.1) is 13.8 Å². The van der Waals surface area contributed by atoms with Gasteiger partial charge in [-0.15, -0.1) is 0 Å². The van der Waals surface area contributed by atoms with Gasteiger partial charge in [-0.3, -0.25) is 4.79 Å². The van der Waals surface area contributed by atoms with Crippen LogP contribution in [0.2, 0.25) is 0 Å². The average molecular weight is 669 g/mol. The standard InChI is InChI=1S/C43H40O7/c1-6-20-42(21-19-36(44)45)35-23-26(3)8-18-32(35)37-31-17-7-25(2)22-33(31)40-38(39(37)42)34(41(46)47)24-43(50-40,27-9-13-29(48-4)14-10-27)28-11-15-30(49-5)16-12-28/h7-18,22-24H,6,19-21H2,1-5H3,(H,44,45)(H,46,47). The number of carbonyl (C=O) groups is 2. The number of hydrogen-bond donors (Lipinski definition) is 2. The molecule has 0 fully saturated rings. The lowest BCUT2D eigenvalue weighted by molar-refractivity contribution is -0.137. The van der Waals surface area contributed by atoms with E-state index in [1.54, 1.807) is 20.3 Å².